The number of guanidine groups is 1. The molecule has 2 aromatic rings. The van der Waals surface area contributed by atoms with Crippen LogP contribution >= 0.6 is 0 Å². The summed E-state index contributed by atoms with van der Waals surface area (Å²) in [4.78, 5) is 8.33. The van der Waals surface area contributed by atoms with Crippen molar-refractivity contribution in [2.24, 2.45) is 12.0 Å². The lowest BCUT2D eigenvalue weighted by Gasteiger charge is -2.17. The highest BCUT2D eigenvalue weighted by atomic mass is 16.5. The first-order valence-electron chi connectivity index (χ1n) is 7.18. The summed E-state index contributed by atoms with van der Waals surface area (Å²) in [6.07, 6.45) is 1.55. The Labute approximate surface area is 130 Å². The van der Waals surface area contributed by atoms with Gasteiger partial charge in [0.1, 0.15) is 24.0 Å². The molecule has 0 fully saturated rings. The minimum absolute atomic E-state index is 0.0239. The van der Waals surface area contributed by atoms with Crippen molar-refractivity contribution in [2.45, 2.75) is 19.6 Å². The molecule has 1 heterocycles. The van der Waals surface area contributed by atoms with E-state index in [9.17, 15) is 0 Å². The molecule has 2 rings (SSSR count). The standard InChI is InChI=1S/C15H22N6O/c1-12(22-13-7-5-4-6-8-13)9-17-15(16-2)18-10-14-19-11-20-21(14)3/h4-8,11-12H,9-10H2,1-3H3,(H2,16,17,18). The third kappa shape index (κ3) is 4.76. The van der Waals surface area contributed by atoms with Crippen molar-refractivity contribution in [3.8, 4) is 5.75 Å². The lowest BCUT2D eigenvalue weighted by atomic mass is 10.3. The first kappa shape index (κ1) is 15.8. The van der Waals surface area contributed by atoms with Gasteiger partial charge in [0.25, 0.3) is 0 Å². The fraction of sp³-hybridized carbons (Fsp3) is 0.400. The fourth-order valence-corrected chi connectivity index (χ4v) is 1.88. The van der Waals surface area contributed by atoms with Crippen molar-refractivity contribution < 1.29 is 4.74 Å². The Hall–Kier alpha value is -2.57. The van der Waals surface area contributed by atoms with E-state index in [1.54, 1.807) is 11.7 Å². The van der Waals surface area contributed by atoms with Crippen molar-refractivity contribution in [1.82, 2.24) is 25.4 Å². The topological polar surface area (TPSA) is 76.4 Å². The lowest BCUT2D eigenvalue weighted by Crippen LogP contribution is -2.41. The average molecular weight is 302 g/mol. The molecule has 7 nitrogen and oxygen atoms in total. The summed E-state index contributed by atoms with van der Waals surface area (Å²) < 4.78 is 7.53. The first-order chi connectivity index (χ1) is 10.7. The smallest absolute Gasteiger partial charge is 0.191 e. The van der Waals surface area contributed by atoms with Crippen molar-refractivity contribution in [2.75, 3.05) is 13.6 Å². The van der Waals surface area contributed by atoms with E-state index in [1.165, 1.54) is 6.33 Å². The molecule has 1 aromatic carbocycles. The van der Waals surface area contributed by atoms with E-state index in [-0.39, 0.29) is 6.10 Å². The summed E-state index contributed by atoms with van der Waals surface area (Å²) in [5.41, 5.74) is 0. The lowest BCUT2D eigenvalue weighted by molar-refractivity contribution is 0.224. The predicted molar refractivity (Wildman–Crippen MR) is 85.7 cm³/mol. The number of hydrogen-bond donors (Lipinski definition) is 2. The Morgan fingerprint density at radius 1 is 1.32 bits per heavy atom. The van der Waals surface area contributed by atoms with Crippen LogP contribution in [0, 0.1) is 0 Å². The van der Waals surface area contributed by atoms with Gasteiger partial charge in [0.2, 0.25) is 0 Å². The zero-order valence-electron chi connectivity index (χ0n) is 13.2. The molecule has 1 atom stereocenters. The van der Waals surface area contributed by atoms with E-state index in [0.29, 0.717) is 19.0 Å². The van der Waals surface area contributed by atoms with E-state index in [1.807, 2.05) is 44.3 Å². The van der Waals surface area contributed by atoms with Crippen LogP contribution in [0.15, 0.2) is 41.7 Å². The number of benzene rings is 1. The zero-order valence-corrected chi connectivity index (χ0v) is 13.2. The van der Waals surface area contributed by atoms with Crippen LogP contribution in [0.1, 0.15) is 12.7 Å². The van der Waals surface area contributed by atoms with Crippen molar-refractivity contribution >= 4 is 5.96 Å². The van der Waals surface area contributed by atoms with Crippen LogP contribution in [0.2, 0.25) is 0 Å². The number of nitrogens with one attached hydrogen (secondary N) is 2. The highest BCUT2D eigenvalue weighted by Crippen LogP contribution is 2.10. The van der Waals surface area contributed by atoms with Gasteiger partial charge in [-0.25, -0.2) is 4.98 Å². The molecule has 0 bridgehead atoms. The number of para-hydroxylation sites is 1. The first-order valence-corrected chi connectivity index (χ1v) is 7.18. The number of rotatable bonds is 6. The Bertz CT molecular complexity index is 595. The third-order valence-corrected chi connectivity index (χ3v) is 3.08. The number of aryl methyl sites for hydroxylation is 1. The fourth-order valence-electron chi connectivity index (χ4n) is 1.88. The molecule has 22 heavy (non-hydrogen) atoms. The maximum Gasteiger partial charge on any atom is 0.191 e. The minimum atomic E-state index is 0.0239. The van der Waals surface area contributed by atoms with Crippen LogP contribution in [-0.4, -0.2) is 40.4 Å². The number of ether oxygens (including phenoxy) is 1. The van der Waals surface area contributed by atoms with Crippen LogP contribution in [-0.2, 0) is 13.6 Å². The molecule has 0 aliphatic heterocycles. The SMILES string of the molecule is CN=C(NCc1ncnn1C)NCC(C)Oc1ccccc1. The van der Waals surface area contributed by atoms with E-state index >= 15 is 0 Å². The van der Waals surface area contributed by atoms with Crippen LogP contribution < -0.4 is 15.4 Å². The second kappa shape index (κ2) is 8.02. The van der Waals surface area contributed by atoms with Gasteiger partial charge in [-0.1, -0.05) is 18.2 Å². The second-order valence-corrected chi connectivity index (χ2v) is 4.85. The summed E-state index contributed by atoms with van der Waals surface area (Å²) in [6.45, 7) is 3.22. The van der Waals surface area contributed by atoms with E-state index < -0.39 is 0 Å². The van der Waals surface area contributed by atoms with Crippen molar-refractivity contribution in [3.63, 3.8) is 0 Å². The van der Waals surface area contributed by atoms with Crippen LogP contribution in [0.5, 0.6) is 5.75 Å². The molecular weight excluding hydrogens is 280 g/mol. The molecule has 1 aromatic heterocycles. The van der Waals surface area contributed by atoms with Crippen molar-refractivity contribution in [3.05, 3.63) is 42.5 Å². The zero-order chi connectivity index (χ0) is 15.8. The molecule has 1 unspecified atom stereocenters. The maximum atomic E-state index is 5.81. The summed E-state index contributed by atoms with van der Waals surface area (Å²) >= 11 is 0. The summed E-state index contributed by atoms with van der Waals surface area (Å²) in [6, 6.07) is 9.76. The van der Waals surface area contributed by atoms with Gasteiger partial charge in [-0.15, -0.1) is 0 Å². The molecule has 118 valence electrons. The molecule has 0 spiro atoms. The van der Waals surface area contributed by atoms with E-state index in [0.717, 1.165) is 11.6 Å². The minimum Gasteiger partial charge on any atom is -0.489 e. The van der Waals surface area contributed by atoms with Gasteiger partial charge >= 0.3 is 0 Å². The van der Waals surface area contributed by atoms with Gasteiger partial charge in [0.15, 0.2) is 5.96 Å². The molecule has 0 amide bonds. The number of hydrogen-bond acceptors (Lipinski definition) is 4. The van der Waals surface area contributed by atoms with Gasteiger partial charge < -0.3 is 15.4 Å². The molecule has 7 heteroatoms. The van der Waals surface area contributed by atoms with Gasteiger partial charge in [-0.3, -0.25) is 9.67 Å². The monoisotopic (exact) mass is 302 g/mol. The largest absolute Gasteiger partial charge is 0.489 e. The quantitative estimate of drug-likeness (QED) is 0.614. The maximum absolute atomic E-state index is 5.81. The van der Waals surface area contributed by atoms with Gasteiger partial charge in [-0.05, 0) is 19.1 Å². The Morgan fingerprint density at radius 2 is 2.09 bits per heavy atom. The van der Waals surface area contributed by atoms with Crippen LogP contribution in [0.25, 0.3) is 0 Å². The van der Waals surface area contributed by atoms with Gasteiger partial charge in [0, 0.05) is 14.1 Å². The highest BCUT2D eigenvalue weighted by Gasteiger charge is 2.06. The number of aromatic nitrogens is 3. The van der Waals surface area contributed by atoms with Crippen LogP contribution in [0.3, 0.4) is 0 Å². The molecule has 0 saturated carbocycles. The van der Waals surface area contributed by atoms with E-state index in [4.69, 9.17) is 4.74 Å². The van der Waals surface area contributed by atoms with Gasteiger partial charge in [0.05, 0.1) is 13.1 Å². The number of nitrogens with zero attached hydrogens (tertiary/aromatic N) is 4. The number of aliphatic imine (C=N–C) groups is 1. The molecule has 0 saturated heterocycles. The highest BCUT2D eigenvalue weighted by molar-refractivity contribution is 5.79. The summed E-state index contributed by atoms with van der Waals surface area (Å²) in [5.74, 6) is 2.40. The predicted octanol–water partition coefficient (Wildman–Crippen LogP) is 0.948. The van der Waals surface area contributed by atoms with Gasteiger partial charge in [-0.2, -0.15) is 5.10 Å². The molecule has 0 aliphatic rings. The molecule has 0 aliphatic carbocycles. The normalized spacial score (nSPS) is 12.8. The summed E-state index contributed by atoms with van der Waals surface area (Å²) in [5, 5.41) is 10.4. The Balaban J connectivity index is 1.75. The van der Waals surface area contributed by atoms with Crippen molar-refractivity contribution in [1.29, 1.82) is 0 Å². The van der Waals surface area contributed by atoms with E-state index in [2.05, 4.69) is 25.7 Å². The molecular formula is C15H22N6O. The molecule has 0 radical (unpaired) electrons. The second-order valence-electron chi connectivity index (χ2n) is 4.85. The molecule has 2 N–H and O–H groups in total. The average Bonchev–Trinajstić information content (AvgIpc) is 2.94. The Kier molecular flexibility index (Phi) is 5.76. The third-order valence-electron chi connectivity index (χ3n) is 3.08. The summed E-state index contributed by atoms with van der Waals surface area (Å²) in [7, 11) is 3.59. The Morgan fingerprint density at radius 3 is 2.73 bits per heavy atom. The van der Waals surface area contributed by atoms with Crippen LogP contribution in [0.4, 0.5) is 0 Å².